The van der Waals surface area contributed by atoms with Crippen molar-refractivity contribution >= 4 is 23.5 Å². The molecule has 2 aliphatic rings. The molecule has 5 heteroatoms. The van der Waals surface area contributed by atoms with Crippen LogP contribution < -0.4 is 0 Å². The van der Waals surface area contributed by atoms with Crippen molar-refractivity contribution in [2.45, 2.75) is 13.0 Å². The van der Waals surface area contributed by atoms with Gasteiger partial charge in [0, 0.05) is 18.8 Å². The lowest BCUT2D eigenvalue weighted by Crippen LogP contribution is -2.19. The third-order valence-electron chi connectivity index (χ3n) is 3.07. The molecule has 0 spiro atoms. The minimum Gasteiger partial charge on any atom is -0.420 e. The Labute approximate surface area is 115 Å². The molecule has 0 amide bonds. The first-order valence-corrected chi connectivity index (χ1v) is 7.12. The second-order valence-corrected chi connectivity index (χ2v) is 5.55. The zero-order chi connectivity index (χ0) is 13.2. The molecule has 0 saturated carbocycles. The Morgan fingerprint density at radius 2 is 2.00 bits per heavy atom. The number of benzene rings is 1. The van der Waals surface area contributed by atoms with Crippen LogP contribution in [0, 0.1) is 0 Å². The van der Waals surface area contributed by atoms with Crippen molar-refractivity contribution in [3.63, 3.8) is 0 Å². The first-order chi connectivity index (χ1) is 9.24. The molecule has 0 bridgehead atoms. The highest BCUT2D eigenvalue weighted by Crippen LogP contribution is 2.35. The maximum atomic E-state index is 11.7. The van der Waals surface area contributed by atoms with Crippen LogP contribution in [0.15, 0.2) is 41.1 Å². The molecule has 2 aliphatic heterocycles. The molecule has 0 N–H and O–H groups in total. The topological polar surface area (TPSA) is 46.6 Å². The molecule has 2 heterocycles. The highest BCUT2D eigenvalue weighted by molar-refractivity contribution is 8.03. The molecule has 19 heavy (non-hydrogen) atoms. The minimum atomic E-state index is -0.445. The van der Waals surface area contributed by atoms with Crippen LogP contribution in [-0.4, -0.2) is 29.0 Å². The van der Waals surface area contributed by atoms with Gasteiger partial charge >= 0.3 is 5.97 Å². The number of ether oxygens (including phenoxy) is 1. The highest BCUT2D eigenvalue weighted by Gasteiger charge is 2.34. The van der Waals surface area contributed by atoms with E-state index in [2.05, 4.69) is 4.90 Å². The van der Waals surface area contributed by atoms with Gasteiger partial charge in [-0.2, -0.15) is 0 Å². The van der Waals surface area contributed by atoms with Gasteiger partial charge in [0.05, 0.1) is 0 Å². The van der Waals surface area contributed by atoms with E-state index in [0.717, 1.165) is 23.9 Å². The number of esters is 1. The molecule has 0 radical (unpaired) electrons. The lowest BCUT2D eigenvalue weighted by molar-refractivity contribution is -0.135. The van der Waals surface area contributed by atoms with E-state index in [0.29, 0.717) is 0 Å². The molecule has 0 unspecified atom stereocenters. The highest BCUT2D eigenvalue weighted by atomic mass is 32.2. The molecule has 4 nitrogen and oxygen atoms in total. The van der Waals surface area contributed by atoms with E-state index in [1.165, 1.54) is 5.56 Å². The maximum Gasteiger partial charge on any atom is 0.319 e. The van der Waals surface area contributed by atoms with Crippen LogP contribution in [-0.2, 0) is 20.9 Å². The largest absolute Gasteiger partial charge is 0.420 e. The zero-order valence-electron chi connectivity index (χ0n) is 10.3. The van der Waals surface area contributed by atoms with E-state index in [4.69, 9.17) is 4.74 Å². The van der Waals surface area contributed by atoms with E-state index in [9.17, 15) is 9.59 Å². The average Bonchev–Trinajstić information content (AvgIpc) is 2.97. The normalized spacial score (nSPS) is 23.1. The molecule has 98 valence electrons. The Morgan fingerprint density at radius 1 is 1.21 bits per heavy atom. The van der Waals surface area contributed by atoms with E-state index < -0.39 is 5.97 Å². The van der Waals surface area contributed by atoms with Crippen LogP contribution in [0.3, 0.4) is 0 Å². The van der Waals surface area contributed by atoms with Gasteiger partial charge in [0.25, 0.3) is 0 Å². The summed E-state index contributed by atoms with van der Waals surface area (Å²) in [6.45, 7) is 1.60. The summed E-state index contributed by atoms with van der Waals surface area (Å²) in [6, 6.07) is 10.1. The summed E-state index contributed by atoms with van der Waals surface area (Å²) < 4.78 is 5.05. The Balaban J connectivity index is 1.84. The van der Waals surface area contributed by atoms with Gasteiger partial charge in [-0.1, -0.05) is 30.3 Å². The first-order valence-electron chi connectivity index (χ1n) is 6.14. The number of allylic oxidation sites excluding steroid dienone is 1. The van der Waals surface area contributed by atoms with Gasteiger partial charge < -0.3 is 9.64 Å². The van der Waals surface area contributed by atoms with Gasteiger partial charge in [0.1, 0.15) is 11.4 Å². The van der Waals surface area contributed by atoms with Gasteiger partial charge in [0.15, 0.2) is 0 Å². The number of carbonyl (C=O) groups is 2. The fourth-order valence-corrected chi connectivity index (χ4v) is 3.32. The third-order valence-corrected chi connectivity index (χ3v) is 4.18. The SMILES string of the molecule is O=C1CC(=O)/C(=C2\SCCN2Cc2ccccc2)O1. The van der Waals surface area contributed by atoms with Crippen molar-refractivity contribution in [2.24, 2.45) is 0 Å². The van der Waals surface area contributed by atoms with E-state index in [-0.39, 0.29) is 18.0 Å². The summed E-state index contributed by atoms with van der Waals surface area (Å²) >= 11 is 1.58. The van der Waals surface area contributed by atoms with Crippen molar-refractivity contribution in [1.82, 2.24) is 4.90 Å². The molecule has 3 rings (SSSR count). The number of carbonyl (C=O) groups excluding carboxylic acids is 2. The van der Waals surface area contributed by atoms with Crippen LogP contribution in [0.4, 0.5) is 0 Å². The molecule has 1 aromatic rings. The number of thioether (sulfide) groups is 1. The average molecular weight is 275 g/mol. The lowest BCUT2D eigenvalue weighted by atomic mass is 10.2. The van der Waals surface area contributed by atoms with Crippen molar-refractivity contribution < 1.29 is 14.3 Å². The van der Waals surface area contributed by atoms with E-state index in [1.807, 2.05) is 30.3 Å². The van der Waals surface area contributed by atoms with Gasteiger partial charge in [-0.25, -0.2) is 0 Å². The number of rotatable bonds is 2. The first kappa shape index (κ1) is 12.3. The number of hydrogen-bond donors (Lipinski definition) is 0. The zero-order valence-corrected chi connectivity index (χ0v) is 11.1. The summed E-state index contributed by atoms with van der Waals surface area (Å²) in [6.07, 6.45) is -0.126. The second-order valence-electron chi connectivity index (χ2n) is 4.46. The van der Waals surface area contributed by atoms with Crippen LogP contribution in [0.1, 0.15) is 12.0 Å². The van der Waals surface area contributed by atoms with Crippen molar-refractivity contribution in [2.75, 3.05) is 12.3 Å². The van der Waals surface area contributed by atoms with Gasteiger partial charge in [0.2, 0.25) is 11.5 Å². The lowest BCUT2D eigenvalue weighted by Gasteiger charge is -2.19. The molecule has 0 atom stereocenters. The van der Waals surface area contributed by atoms with Gasteiger partial charge in [-0.15, -0.1) is 11.8 Å². The minimum absolute atomic E-state index is 0.126. The fourth-order valence-electron chi connectivity index (χ4n) is 2.19. The molecule has 0 aliphatic carbocycles. The van der Waals surface area contributed by atoms with Crippen LogP contribution in [0.25, 0.3) is 0 Å². The quantitative estimate of drug-likeness (QED) is 0.469. The summed E-state index contributed by atoms with van der Waals surface area (Å²) in [4.78, 5) is 25.0. The predicted octanol–water partition coefficient (Wildman–Crippen LogP) is 1.92. The number of hydrogen-bond acceptors (Lipinski definition) is 5. The summed E-state index contributed by atoms with van der Waals surface area (Å²) in [7, 11) is 0. The molecule has 1 aromatic carbocycles. The van der Waals surface area contributed by atoms with E-state index >= 15 is 0 Å². The molecular formula is C14H13NO3S. The van der Waals surface area contributed by atoms with Crippen molar-refractivity contribution in [1.29, 1.82) is 0 Å². The van der Waals surface area contributed by atoms with Crippen LogP contribution in [0.5, 0.6) is 0 Å². The summed E-state index contributed by atoms with van der Waals surface area (Å²) in [5.74, 6) is 0.506. The monoisotopic (exact) mass is 275 g/mol. The van der Waals surface area contributed by atoms with Gasteiger partial charge in [-0.3, -0.25) is 9.59 Å². The third kappa shape index (κ3) is 2.51. The summed E-state index contributed by atoms with van der Waals surface area (Å²) in [5, 5.41) is 0.805. The predicted molar refractivity (Wildman–Crippen MR) is 72.1 cm³/mol. The Hall–Kier alpha value is -1.75. The number of nitrogens with zero attached hydrogens (tertiary/aromatic N) is 1. The number of cyclic esters (lactones) is 1. The molecule has 2 saturated heterocycles. The Morgan fingerprint density at radius 3 is 2.68 bits per heavy atom. The van der Waals surface area contributed by atoms with Gasteiger partial charge in [-0.05, 0) is 5.56 Å². The maximum absolute atomic E-state index is 11.7. The molecule has 0 aromatic heterocycles. The Kier molecular flexibility index (Phi) is 3.29. The number of Topliss-reactive ketones (excluding diaryl/α,β-unsaturated/α-hetero) is 1. The van der Waals surface area contributed by atoms with Crippen molar-refractivity contribution in [3.8, 4) is 0 Å². The smallest absolute Gasteiger partial charge is 0.319 e. The standard InChI is InChI=1S/C14H13NO3S/c16-11-8-12(17)18-13(11)14-15(6-7-19-14)9-10-4-2-1-3-5-10/h1-5H,6-9H2/b14-13+. The van der Waals surface area contributed by atoms with Crippen molar-refractivity contribution in [3.05, 3.63) is 46.7 Å². The Bertz CT molecular complexity index is 553. The van der Waals surface area contributed by atoms with E-state index in [1.54, 1.807) is 11.8 Å². The molecule has 2 fully saturated rings. The second kappa shape index (κ2) is 5.09. The fraction of sp³-hybridized carbons (Fsp3) is 0.286. The summed E-state index contributed by atoms with van der Waals surface area (Å²) in [5.41, 5.74) is 1.18. The number of ketones is 1. The van der Waals surface area contributed by atoms with Crippen LogP contribution >= 0.6 is 11.8 Å². The van der Waals surface area contributed by atoms with Crippen LogP contribution in [0.2, 0.25) is 0 Å². The molecular weight excluding hydrogens is 262 g/mol.